The lowest BCUT2D eigenvalue weighted by Crippen LogP contribution is -2.12. The molecule has 1 aliphatic heterocycles. The van der Waals surface area contributed by atoms with Gasteiger partial charge >= 0.3 is 0 Å². The molecule has 138 valence electrons. The lowest BCUT2D eigenvalue weighted by atomic mass is 9.86. The summed E-state index contributed by atoms with van der Waals surface area (Å²) < 4.78 is 0. The van der Waals surface area contributed by atoms with Crippen molar-refractivity contribution in [2.24, 2.45) is 11.8 Å². The van der Waals surface area contributed by atoms with Crippen molar-refractivity contribution < 1.29 is 4.79 Å². The monoisotopic (exact) mass is 350 g/mol. The van der Waals surface area contributed by atoms with Crippen LogP contribution in [0.5, 0.6) is 0 Å². The number of ketones is 1. The van der Waals surface area contributed by atoms with E-state index in [1.807, 2.05) is 12.3 Å². The van der Waals surface area contributed by atoms with Crippen LogP contribution >= 0.6 is 0 Å². The number of rotatable bonds is 1. The molecule has 3 nitrogen and oxygen atoms in total. The summed E-state index contributed by atoms with van der Waals surface area (Å²) in [5.74, 6) is 2.44. The fourth-order valence-corrected chi connectivity index (χ4v) is 3.94. The molecule has 1 aromatic carbocycles. The third-order valence-electron chi connectivity index (χ3n) is 5.45. The van der Waals surface area contributed by atoms with E-state index in [2.05, 4.69) is 54.5 Å². The number of pyridine rings is 1. The van der Waals surface area contributed by atoms with Crippen molar-refractivity contribution in [1.29, 1.82) is 0 Å². The van der Waals surface area contributed by atoms with Gasteiger partial charge in [0.15, 0.2) is 0 Å². The zero-order chi connectivity index (χ0) is 18.4. The number of fused-ring (bicyclic) bond motifs is 4. The fourth-order valence-electron chi connectivity index (χ4n) is 3.94. The Morgan fingerprint density at radius 1 is 1.12 bits per heavy atom. The van der Waals surface area contributed by atoms with Crippen molar-refractivity contribution in [2.75, 3.05) is 5.32 Å². The van der Waals surface area contributed by atoms with Crippen molar-refractivity contribution in [2.45, 2.75) is 58.8 Å². The highest BCUT2D eigenvalue weighted by Gasteiger charge is 2.16. The highest BCUT2D eigenvalue weighted by molar-refractivity contribution is 5.78. The molecule has 0 spiro atoms. The Morgan fingerprint density at radius 3 is 2.81 bits per heavy atom. The second kappa shape index (κ2) is 8.98. The Labute approximate surface area is 157 Å². The van der Waals surface area contributed by atoms with Crippen LogP contribution in [0.25, 0.3) is 0 Å². The summed E-state index contributed by atoms with van der Waals surface area (Å²) in [6, 6.07) is 12.6. The maximum Gasteiger partial charge on any atom is 0.133 e. The molecule has 0 amide bonds. The minimum Gasteiger partial charge on any atom is -0.340 e. The van der Waals surface area contributed by atoms with Gasteiger partial charge in [-0.1, -0.05) is 32.4 Å². The van der Waals surface area contributed by atoms with E-state index in [0.29, 0.717) is 30.5 Å². The number of nitrogens with zero attached hydrogens (tertiary/aromatic N) is 1. The van der Waals surface area contributed by atoms with E-state index < -0.39 is 0 Å². The molecule has 0 saturated heterocycles. The molecule has 2 heterocycles. The molecule has 2 atom stereocenters. The molecule has 0 radical (unpaired) electrons. The van der Waals surface area contributed by atoms with E-state index in [4.69, 9.17) is 0 Å². The average Bonchev–Trinajstić information content (AvgIpc) is 2.63. The molecule has 1 aromatic heterocycles. The second-order valence-electron chi connectivity index (χ2n) is 7.77. The fraction of sp³-hybridized carbons (Fsp3) is 0.478. The van der Waals surface area contributed by atoms with Gasteiger partial charge in [0.05, 0.1) is 0 Å². The second-order valence-corrected chi connectivity index (χ2v) is 7.77. The maximum absolute atomic E-state index is 12.4. The van der Waals surface area contributed by atoms with E-state index in [0.717, 1.165) is 30.8 Å². The van der Waals surface area contributed by atoms with Crippen LogP contribution in [-0.4, -0.2) is 10.8 Å². The number of anilines is 2. The average molecular weight is 351 g/mol. The molecule has 1 aliphatic rings. The van der Waals surface area contributed by atoms with Crippen molar-refractivity contribution in [3.63, 3.8) is 0 Å². The van der Waals surface area contributed by atoms with Crippen LogP contribution in [0.2, 0.25) is 0 Å². The number of aromatic nitrogens is 1. The SMILES string of the molecule is CCC1CCc2ccnc(c2)Nc2cccc(c2)CCC(=O)CC(C)C1. The molecule has 0 fully saturated rings. The Bertz CT molecular complexity index is 740. The van der Waals surface area contributed by atoms with Crippen LogP contribution in [0.1, 0.15) is 57.1 Å². The molecule has 4 bridgehead atoms. The van der Waals surface area contributed by atoms with E-state index in [1.165, 1.54) is 24.0 Å². The van der Waals surface area contributed by atoms with Gasteiger partial charge in [-0.2, -0.15) is 0 Å². The van der Waals surface area contributed by atoms with E-state index in [1.54, 1.807) is 0 Å². The third kappa shape index (κ3) is 5.42. The van der Waals surface area contributed by atoms with Crippen LogP contribution in [0, 0.1) is 11.8 Å². The normalized spacial score (nSPS) is 21.8. The number of nitrogens with one attached hydrogen (secondary N) is 1. The van der Waals surface area contributed by atoms with E-state index in [-0.39, 0.29) is 0 Å². The van der Waals surface area contributed by atoms with Crippen LogP contribution in [-0.2, 0) is 17.6 Å². The molecule has 2 unspecified atom stereocenters. The van der Waals surface area contributed by atoms with Gasteiger partial charge in [0.2, 0.25) is 0 Å². The van der Waals surface area contributed by atoms with Gasteiger partial charge in [-0.3, -0.25) is 4.79 Å². The Balaban J connectivity index is 1.83. The number of benzene rings is 1. The summed E-state index contributed by atoms with van der Waals surface area (Å²) in [7, 11) is 0. The number of aryl methyl sites for hydroxylation is 2. The molecule has 0 aliphatic carbocycles. The quantitative estimate of drug-likeness (QED) is 0.715. The molecule has 0 saturated carbocycles. The maximum atomic E-state index is 12.4. The first-order valence-corrected chi connectivity index (χ1v) is 9.95. The number of hydrogen-bond donors (Lipinski definition) is 1. The summed E-state index contributed by atoms with van der Waals surface area (Å²) in [5, 5.41) is 3.41. The summed E-state index contributed by atoms with van der Waals surface area (Å²) in [6.45, 7) is 4.50. The van der Waals surface area contributed by atoms with Gasteiger partial charge in [0.1, 0.15) is 11.6 Å². The third-order valence-corrected chi connectivity index (χ3v) is 5.45. The van der Waals surface area contributed by atoms with Crippen molar-refractivity contribution in [3.8, 4) is 0 Å². The minimum atomic E-state index is 0.393. The smallest absolute Gasteiger partial charge is 0.133 e. The Hall–Kier alpha value is -2.16. The Kier molecular flexibility index (Phi) is 6.43. The van der Waals surface area contributed by atoms with Crippen molar-refractivity contribution in [1.82, 2.24) is 4.98 Å². The standard InChI is InChI=1S/C23H30N2O/c1-3-18-7-8-20-11-12-24-23(16-20)25-21-6-4-5-19(15-21)9-10-22(26)14-17(2)13-18/h4-6,11-12,15-18H,3,7-10,13-14H2,1-2H3,(H,24,25). The molecule has 1 N–H and O–H groups in total. The zero-order valence-corrected chi connectivity index (χ0v) is 16.0. The summed E-state index contributed by atoms with van der Waals surface area (Å²) in [5.41, 5.74) is 3.56. The molecule has 2 aromatic rings. The summed E-state index contributed by atoms with van der Waals surface area (Å²) in [4.78, 5) is 16.8. The van der Waals surface area contributed by atoms with Gasteiger partial charge in [-0.05, 0) is 72.9 Å². The lowest BCUT2D eigenvalue weighted by molar-refractivity contribution is -0.119. The number of Topliss-reactive ketones (excluding diaryl/α,β-unsaturated/α-hetero) is 1. The first-order chi connectivity index (χ1) is 12.6. The summed E-state index contributed by atoms with van der Waals surface area (Å²) in [6.07, 6.45) is 8.63. The first-order valence-electron chi connectivity index (χ1n) is 9.95. The zero-order valence-electron chi connectivity index (χ0n) is 16.0. The van der Waals surface area contributed by atoms with Gasteiger partial charge in [0, 0.05) is 24.7 Å². The molecular formula is C23H30N2O. The predicted octanol–water partition coefficient (Wildman–Crippen LogP) is 5.72. The highest BCUT2D eigenvalue weighted by atomic mass is 16.1. The number of hydrogen-bond acceptors (Lipinski definition) is 3. The van der Waals surface area contributed by atoms with E-state index in [9.17, 15) is 4.79 Å². The molecular weight excluding hydrogens is 320 g/mol. The largest absolute Gasteiger partial charge is 0.340 e. The first kappa shape index (κ1) is 18.6. The van der Waals surface area contributed by atoms with Gasteiger partial charge in [0.25, 0.3) is 0 Å². The van der Waals surface area contributed by atoms with E-state index >= 15 is 0 Å². The highest BCUT2D eigenvalue weighted by Crippen LogP contribution is 2.25. The molecule has 3 heteroatoms. The Morgan fingerprint density at radius 2 is 1.96 bits per heavy atom. The van der Waals surface area contributed by atoms with Gasteiger partial charge < -0.3 is 5.32 Å². The topological polar surface area (TPSA) is 42.0 Å². The van der Waals surface area contributed by atoms with Crippen LogP contribution < -0.4 is 5.32 Å². The van der Waals surface area contributed by atoms with Gasteiger partial charge in [-0.15, -0.1) is 0 Å². The van der Waals surface area contributed by atoms with Crippen molar-refractivity contribution in [3.05, 3.63) is 53.7 Å². The van der Waals surface area contributed by atoms with Crippen molar-refractivity contribution >= 4 is 17.3 Å². The minimum absolute atomic E-state index is 0.393. The molecule has 26 heavy (non-hydrogen) atoms. The molecule has 3 rings (SSSR count). The van der Waals surface area contributed by atoms with Crippen LogP contribution in [0.3, 0.4) is 0 Å². The number of carbonyl (C=O) groups excluding carboxylic acids is 1. The summed E-state index contributed by atoms with van der Waals surface area (Å²) >= 11 is 0. The van der Waals surface area contributed by atoms with Crippen LogP contribution in [0.15, 0.2) is 42.6 Å². The number of carbonyl (C=O) groups is 1. The van der Waals surface area contributed by atoms with Gasteiger partial charge in [-0.25, -0.2) is 4.98 Å². The lowest BCUT2D eigenvalue weighted by Gasteiger charge is -2.20. The predicted molar refractivity (Wildman–Crippen MR) is 108 cm³/mol. The van der Waals surface area contributed by atoms with Crippen LogP contribution in [0.4, 0.5) is 11.5 Å².